The van der Waals surface area contributed by atoms with Crippen molar-refractivity contribution in [3.8, 4) is 0 Å². The standard InChI is InChI=1S/C8H9N5O/c9-3-6-1-2-7(13-12-6)11-8-4-10-5-14-8/h1-2,4-5H,3,9H2,(H,11,13). The van der Waals surface area contributed by atoms with Gasteiger partial charge in [-0.2, -0.15) is 5.10 Å². The minimum Gasteiger partial charge on any atom is -0.428 e. The van der Waals surface area contributed by atoms with Gasteiger partial charge >= 0.3 is 0 Å². The summed E-state index contributed by atoms with van der Waals surface area (Å²) in [5, 5.41) is 10.7. The molecular weight excluding hydrogens is 182 g/mol. The molecule has 3 N–H and O–H groups in total. The molecule has 6 nitrogen and oxygen atoms in total. The summed E-state index contributed by atoms with van der Waals surface area (Å²) in [6, 6.07) is 3.57. The number of anilines is 2. The fraction of sp³-hybridized carbons (Fsp3) is 0.125. The zero-order valence-corrected chi connectivity index (χ0v) is 7.34. The maximum absolute atomic E-state index is 5.38. The van der Waals surface area contributed by atoms with Gasteiger partial charge in [-0.1, -0.05) is 0 Å². The van der Waals surface area contributed by atoms with Gasteiger partial charge < -0.3 is 15.5 Å². The van der Waals surface area contributed by atoms with Crippen molar-refractivity contribution in [2.45, 2.75) is 6.54 Å². The second-order valence-corrected chi connectivity index (χ2v) is 2.60. The molecule has 0 unspecified atom stereocenters. The molecule has 0 saturated carbocycles. The lowest BCUT2D eigenvalue weighted by atomic mass is 10.4. The predicted molar refractivity (Wildman–Crippen MR) is 49.7 cm³/mol. The van der Waals surface area contributed by atoms with E-state index in [-0.39, 0.29) is 0 Å². The number of hydrogen-bond donors (Lipinski definition) is 2. The van der Waals surface area contributed by atoms with Crippen molar-refractivity contribution in [2.75, 3.05) is 5.32 Å². The van der Waals surface area contributed by atoms with Crippen LogP contribution >= 0.6 is 0 Å². The Morgan fingerprint density at radius 3 is 2.86 bits per heavy atom. The topological polar surface area (TPSA) is 89.9 Å². The smallest absolute Gasteiger partial charge is 0.219 e. The van der Waals surface area contributed by atoms with Crippen LogP contribution in [0.4, 0.5) is 11.7 Å². The quantitative estimate of drug-likeness (QED) is 0.740. The van der Waals surface area contributed by atoms with E-state index >= 15 is 0 Å². The van der Waals surface area contributed by atoms with Gasteiger partial charge in [0, 0.05) is 6.54 Å². The highest BCUT2D eigenvalue weighted by atomic mass is 16.4. The molecule has 14 heavy (non-hydrogen) atoms. The van der Waals surface area contributed by atoms with Crippen molar-refractivity contribution in [2.24, 2.45) is 5.73 Å². The van der Waals surface area contributed by atoms with Crippen LogP contribution < -0.4 is 11.1 Å². The molecule has 0 aromatic carbocycles. The number of rotatable bonds is 3. The maximum atomic E-state index is 5.38. The van der Waals surface area contributed by atoms with Crippen LogP contribution in [0.2, 0.25) is 0 Å². The van der Waals surface area contributed by atoms with E-state index in [9.17, 15) is 0 Å². The number of hydrogen-bond acceptors (Lipinski definition) is 6. The fourth-order valence-electron chi connectivity index (χ4n) is 0.939. The summed E-state index contributed by atoms with van der Waals surface area (Å²) in [4.78, 5) is 3.75. The van der Waals surface area contributed by atoms with Crippen LogP contribution in [0, 0.1) is 0 Å². The molecule has 0 aliphatic rings. The van der Waals surface area contributed by atoms with Crippen LogP contribution in [0.1, 0.15) is 5.69 Å². The molecule has 0 aliphatic heterocycles. The normalized spacial score (nSPS) is 10.1. The second-order valence-electron chi connectivity index (χ2n) is 2.60. The Kier molecular flexibility index (Phi) is 2.37. The van der Waals surface area contributed by atoms with Gasteiger partial charge in [-0.15, -0.1) is 5.10 Å². The van der Waals surface area contributed by atoms with E-state index in [1.54, 1.807) is 18.3 Å². The molecule has 0 saturated heterocycles. The van der Waals surface area contributed by atoms with E-state index in [1.165, 1.54) is 6.39 Å². The molecule has 6 heteroatoms. The average Bonchev–Trinajstić information content (AvgIpc) is 2.72. The van der Waals surface area contributed by atoms with Crippen molar-refractivity contribution >= 4 is 11.7 Å². The maximum Gasteiger partial charge on any atom is 0.219 e. The fourth-order valence-corrected chi connectivity index (χ4v) is 0.939. The highest BCUT2D eigenvalue weighted by Gasteiger charge is 1.99. The highest BCUT2D eigenvalue weighted by Crippen LogP contribution is 2.11. The Labute approximate surface area is 80.2 Å². The van der Waals surface area contributed by atoms with Crippen LogP contribution in [0.5, 0.6) is 0 Å². The van der Waals surface area contributed by atoms with Gasteiger partial charge in [0.25, 0.3) is 0 Å². The molecule has 0 spiro atoms. The lowest BCUT2D eigenvalue weighted by Crippen LogP contribution is -2.02. The third-order valence-electron chi connectivity index (χ3n) is 1.61. The minimum absolute atomic E-state index is 0.385. The van der Waals surface area contributed by atoms with Crippen molar-refractivity contribution in [3.63, 3.8) is 0 Å². The molecule has 0 radical (unpaired) electrons. The largest absolute Gasteiger partial charge is 0.428 e. The van der Waals surface area contributed by atoms with E-state index in [0.29, 0.717) is 18.2 Å². The Morgan fingerprint density at radius 1 is 1.36 bits per heavy atom. The zero-order valence-electron chi connectivity index (χ0n) is 7.34. The van der Waals surface area contributed by atoms with Gasteiger partial charge in [-0.05, 0) is 12.1 Å². The van der Waals surface area contributed by atoms with E-state index in [0.717, 1.165) is 5.69 Å². The first kappa shape index (κ1) is 8.64. The van der Waals surface area contributed by atoms with Crippen LogP contribution in [0.15, 0.2) is 29.1 Å². The summed E-state index contributed by atoms with van der Waals surface area (Å²) >= 11 is 0. The predicted octanol–water partition coefficient (Wildman–Crippen LogP) is 0.667. The summed E-state index contributed by atoms with van der Waals surface area (Å²) in [5.41, 5.74) is 6.13. The molecule has 2 heterocycles. The van der Waals surface area contributed by atoms with Crippen molar-refractivity contribution in [1.29, 1.82) is 0 Å². The zero-order chi connectivity index (χ0) is 9.80. The molecule has 2 aromatic rings. The van der Waals surface area contributed by atoms with Gasteiger partial charge in [0.2, 0.25) is 5.88 Å². The molecule has 0 aliphatic carbocycles. The van der Waals surface area contributed by atoms with E-state index in [2.05, 4.69) is 20.5 Å². The molecular formula is C8H9N5O. The Morgan fingerprint density at radius 2 is 2.29 bits per heavy atom. The lowest BCUT2D eigenvalue weighted by Gasteiger charge is -2.00. The number of nitrogens with two attached hydrogens (primary N) is 1. The molecule has 72 valence electrons. The molecule has 0 amide bonds. The first-order chi connectivity index (χ1) is 6.88. The van der Waals surface area contributed by atoms with Gasteiger partial charge in [0.05, 0.1) is 11.9 Å². The van der Waals surface area contributed by atoms with Gasteiger partial charge in [0.1, 0.15) is 0 Å². The van der Waals surface area contributed by atoms with E-state index in [4.69, 9.17) is 10.2 Å². The van der Waals surface area contributed by atoms with Crippen molar-refractivity contribution in [3.05, 3.63) is 30.4 Å². The molecule has 0 fully saturated rings. The number of nitrogens with zero attached hydrogens (tertiary/aromatic N) is 3. The first-order valence-electron chi connectivity index (χ1n) is 4.06. The monoisotopic (exact) mass is 191 g/mol. The summed E-state index contributed by atoms with van der Waals surface area (Å²) in [7, 11) is 0. The van der Waals surface area contributed by atoms with E-state index in [1.807, 2.05) is 0 Å². The third-order valence-corrected chi connectivity index (χ3v) is 1.61. The molecule has 0 bridgehead atoms. The van der Waals surface area contributed by atoms with Crippen molar-refractivity contribution in [1.82, 2.24) is 15.2 Å². The summed E-state index contributed by atoms with van der Waals surface area (Å²) in [5.74, 6) is 1.12. The van der Waals surface area contributed by atoms with Gasteiger partial charge in [-0.3, -0.25) is 0 Å². The molecule has 2 rings (SSSR count). The SMILES string of the molecule is NCc1ccc(Nc2cnco2)nn1. The van der Waals surface area contributed by atoms with Crippen LogP contribution in [-0.2, 0) is 6.54 Å². The lowest BCUT2D eigenvalue weighted by molar-refractivity contribution is 0.574. The second kappa shape index (κ2) is 3.84. The van der Waals surface area contributed by atoms with E-state index < -0.39 is 0 Å². The van der Waals surface area contributed by atoms with Crippen LogP contribution in [0.25, 0.3) is 0 Å². The number of nitrogens with one attached hydrogen (secondary N) is 1. The van der Waals surface area contributed by atoms with Crippen LogP contribution in [-0.4, -0.2) is 15.2 Å². The van der Waals surface area contributed by atoms with Gasteiger partial charge in [0.15, 0.2) is 12.2 Å². The van der Waals surface area contributed by atoms with Crippen molar-refractivity contribution < 1.29 is 4.42 Å². The first-order valence-corrected chi connectivity index (χ1v) is 4.06. The van der Waals surface area contributed by atoms with Crippen LogP contribution in [0.3, 0.4) is 0 Å². The summed E-state index contributed by atoms with van der Waals surface area (Å²) in [6.45, 7) is 0.385. The number of aromatic nitrogens is 3. The summed E-state index contributed by atoms with van der Waals surface area (Å²) in [6.07, 6.45) is 2.89. The Balaban J connectivity index is 2.10. The molecule has 0 atom stereocenters. The highest BCUT2D eigenvalue weighted by molar-refractivity contribution is 5.47. The molecule has 2 aromatic heterocycles. The third kappa shape index (κ3) is 1.86. The Bertz CT molecular complexity index is 383. The number of oxazole rings is 1. The average molecular weight is 191 g/mol. The minimum atomic E-state index is 0.385. The Hall–Kier alpha value is -1.95. The van der Waals surface area contributed by atoms with Gasteiger partial charge in [-0.25, -0.2) is 4.98 Å². The summed E-state index contributed by atoms with van der Waals surface area (Å²) < 4.78 is 4.98.